The maximum atomic E-state index is 13.7. The number of aromatic amines is 1. The molecule has 1 atom stereocenters. The minimum atomic E-state index is -0.510. The normalized spacial score (nSPS) is 17.6. The van der Waals surface area contributed by atoms with Gasteiger partial charge in [-0.1, -0.05) is 0 Å². The van der Waals surface area contributed by atoms with Crippen LogP contribution in [0.5, 0.6) is 5.88 Å². The van der Waals surface area contributed by atoms with Gasteiger partial charge in [0.1, 0.15) is 17.3 Å². The molecular weight excluding hydrogens is 327 g/mol. The molecule has 1 unspecified atom stereocenters. The fourth-order valence-corrected chi connectivity index (χ4v) is 2.85. The second kappa shape index (κ2) is 6.42. The molecule has 1 amide bonds. The first kappa shape index (κ1) is 15.4. The summed E-state index contributed by atoms with van der Waals surface area (Å²) in [5.41, 5.74) is 1.29. The van der Waals surface area contributed by atoms with E-state index >= 15 is 0 Å². The molecule has 1 N–H and O–H groups in total. The number of nitrogens with one attached hydrogen (secondary N) is 1. The minimum absolute atomic E-state index is 0.0380. The number of pyridine rings is 2. The number of aromatic nitrogens is 5. The molecule has 25 heavy (non-hydrogen) atoms. The Morgan fingerprint density at radius 2 is 2.24 bits per heavy atom. The number of H-pyrrole nitrogens is 1. The Morgan fingerprint density at radius 1 is 1.32 bits per heavy atom. The lowest BCUT2D eigenvalue weighted by atomic mass is 10.1. The number of piperidine rings is 1. The molecule has 1 aliphatic rings. The van der Waals surface area contributed by atoms with Crippen molar-refractivity contribution in [3.05, 3.63) is 42.0 Å². The molecule has 0 aromatic carbocycles. The summed E-state index contributed by atoms with van der Waals surface area (Å²) in [6.45, 7) is 0.954. The summed E-state index contributed by atoms with van der Waals surface area (Å²) < 4.78 is 19.3. The number of carbonyl (C=O) groups is 1. The average molecular weight is 342 g/mol. The number of fused-ring (bicyclic) bond motifs is 1. The summed E-state index contributed by atoms with van der Waals surface area (Å²) in [5, 5.41) is 10.3. The highest BCUT2D eigenvalue weighted by molar-refractivity contribution is 5.94. The number of carbonyl (C=O) groups excluding carboxylic acids is 1. The van der Waals surface area contributed by atoms with Crippen LogP contribution in [0.3, 0.4) is 0 Å². The molecule has 128 valence electrons. The SMILES string of the molecule is O=C(c1ccc2n[nH]nc2n1)N1CCCC(Oc2ncccc2F)C1. The molecule has 1 aliphatic heterocycles. The summed E-state index contributed by atoms with van der Waals surface area (Å²) in [6, 6.07) is 6.12. The Balaban J connectivity index is 1.48. The smallest absolute Gasteiger partial charge is 0.272 e. The van der Waals surface area contributed by atoms with Gasteiger partial charge in [0.15, 0.2) is 5.82 Å². The van der Waals surface area contributed by atoms with E-state index in [-0.39, 0.29) is 17.9 Å². The summed E-state index contributed by atoms with van der Waals surface area (Å²) in [5.74, 6) is -0.757. The molecule has 4 heterocycles. The van der Waals surface area contributed by atoms with E-state index in [1.807, 2.05) is 0 Å². The lowest BCUT2D eigenvalue weighted by Gasteiger charge is -2.32. The molecule has 4 rings (SSSR count). The van der Waals surface area contributed by atoms with Gasteiger partial charge in [0, 0.05) is 12.7 Å². The molecular formula is C16H15FN6O2. The number of hydrogen-bond donors (Lipinski definition) is 1. The van der Waals surface area contributed by atoms with Gasteiger partial charge in [-0.3, -0.25) is 4.79 Å². The maximum Gasteiger partial charge on any atom is 0.272 e. The Labute approximate surface area is 142 Å². The quantitative estimate of drug-likeness (QED) is 0.776. The molecule has 9 heteroatoms. The summed E-state index contributed by atoms with van der Waals surface area (Å²) >= 11 is 0. The zero-order chi connectivity index (χ0) is 17.2. The lowest BCUT2D eigenvalue weighted by Crippen LogP contribution is -2.44. The average Bonchev–Trinajstić information content (AvgIpc) is 3.11. The molecule has 1 saturated heterocycles. The topological polar surface area (TPSA) is 96.9 Å². The number of ether oxygens (including phenoxy) is 1. The van der Waals surface area contributed by atoms with Crippen LogP contribution >= 0.6 is 0 Å². The van der Waals surface area contributed by atoms with Crippen LogP contribution < -0.4 is 4.74 Å². The summed E-state index contributed by atoms with van der Waals surface area (Å²) in [6.07, 6.45) is 2.66. The van der Waals surface area contributed by atoms with Crippen molar-refractivity contribution in [2.24, 2.45) is 0 Å². The molecule has 0 spiro atoms. The third-order valence-corrected chi connectivity index (χ3v) is 4.07. The van der Waals surface area contributed by atoms with Gasteiger partial charge in [0.2, 0.25) is 5.65 Å². The third-order valence-electron chi connectivity index (χ3n) is 4.07. The highest BCUT2D eigenvalue weighted by atomic mass is 19.1. The zero-order valence-corrected chi connectivity index (χ0v) is 13.2. The van der Waals surface area contributed by atoms with Crippen LogP contribution in [0.4, 0.5) is 4.39 Å². The highest BCUT2D eigenvalue weighted by Crippen LogP contribution is 2.20. The van der Waals surface area contributed by atoms with E-state index in [9.17, 15) is 9.18 Å². The van der Waals surface area contributed by atoms with Gasteiger partial charge in [-0.25, -0.2) is 14.4 Å². The number of nitrogens with zero attached hydrogens (tertiary/aromatic N) is 5. The molecule has 0 radical (unpaired) electrons. The lowest BCUT2D eigenvalue weighted by molar-refractivity contribution is 0.0513. The van der Waals surface area contributed by atoms with Gasteiger partial charge >= 0.3 is 0 Å². The van der Waals surface area contributed by atoms with E-state index in [4.69, 9.17) is 4.74 Å². The Hall–Kier alpha value is -3.10. The Bertz CT molecular complexity index is 914. The molecule has 3 aromatic rings. The van der Waals surface area contributed by atoms with Crippen molar-refractivity contribution in [3.63, 3.8) is 0 Å². The number of rotatable bonds is 3. The fraction of sp³-hybridized carbons (Fsp3) is 0.312. The Morgan fingerprint density at radius 3 is 3.12 bits per heavy atom. The van der Waals surface area contributed by atoms with E-state index in [0.717, 1.165) is 12.8 Å². The van der Waals surface area contributed by atoms with Crippen molar-refractivity contribution in [1.82, 2.24) is 30.3 Å². The maximum absolute atomic E-state index is 13.7. The summed E-state index contributed by atoms with van der Waals surface area (Å²) in [4.78, 5) is 22.5. The van der Waals surface area contributed by atoms with Crippen LogP contribution in [0.15, 0.2) is 30.5 Å². The van der Waals surface area contributed by atoms with E-state index in [1.165, 1.54) is 18.3 Å². The second-order valence-electron chi connectivity index (χ2n) is 5.79. The van der Waals surface area contributed by atoms with Crippen LogP contribution in [-0.4, -0.2) is 55.4 Å². The van der Waals surface area contributed by atoms with E-state index in [2.05, 4.69) is 25.4 Å². The molecule has 3 aromatic heterocycles. The van der Waals surface area contributed by atoms with Crippen LogP contribution in [0.2, 0.25) is 0 Å². The molecule has 0 bridgehead atoms. The van der Waals surface area contributed by atoms with Crippen LogP contribution in [0.1, 0.15) is 23.3 Å². The number of halogens is 1. The van der Waals surface area contributed by atoms with Crippen molar-refractivity contribution in [2.45, 2.75) is 18.9 Å². The first-order valence-electron chi connectivity index (χ1n) is 7.94. The molecule has 0 aliphatic carbocycles. The van der Waals surface area contributed by atoms with Gasteiger partial charge in [0.25, 0.3) is 11.8 Å². The fourth-order valence-electron chi connectivity index (χ4n) is 2.85. The van der Waals surface area contributed by atoms with Crippen molar-refractivity contribution in [2.75, 3.05) is 13.1 Å². The monoisotopic (exact) mass is 342 g/mol. The molecule has 8 nitrogen and oxygen atoms in total. The second-order valence-corrected chi connectivity index (χ2v) is 5.79. The molecule has 1 fully saturated rings. The number of likely N-dealkylation sites (tertiary alicyclic amines) is 1. The van der Waals surface area contributed by atoms with E-state index in [0.29, 0.717) is 29.9 Å². The molecule has 0 saturated carbocycles. The van der Waals surface area contributed by atoms with Crippen molar-refractivity contribution < 1.29 is 13.9 Å². The van der Waals surface area contributed by atoms with Gasteiger partial charge in [0.05, 0.1) is 6.54 Å². The van der Waals surface area contributed by atoms with E-state index in [1.54, 1.807) is 17.0 Å². The van der Waals surface area contributed by atoms with Crippen LogP contribution in [0, 0.1) is 5.82 Å². The zero-order valence-electron chi connectivity index (χ0n) is 13.2. The van der Waals surface area contributed by atoms with Crippen LogP contribution in [-0.2, 0) is 0 Å². The predicted octanol–water partition coefficient (Wildman–Crippen LogP) is 1.57. The first-order chi connectivity index (χ1) is 12.2. The van der Waals surface area contributed by atoms with Crippen LogP contribution in [0.25, 0.3) is 11.2 Å². The third kappa shape index (κ3) is 3.12. The highest BCUT2D eigenvalue weighted by Gasteiger charge is 2.27. The van der Waals surface area contributed by atoms with Crippen molar-refractivity contribution >= 4 is 17.1 Å². The van der Waals surface area contributed by atoms with Gasteiger partial charge in [-0.15, -0.1) is 5.10 Å². The largest absolute Gasteiger partial charge is 0.470 e. The number of amides is 1. The minimum Gasteiger partial charge on any atom is -0.470 e. The van der Waals surface area contributed by atoms with Gasteiger partial charge in [-0.05, 0) is 37.1 Å². The first-order valence-corrected chi connectivity index (χ1v) is 7.94. The number of hydrogen-bond acceptors (Lipinski definition) is 6. The predicted molar refractivity (Wildman–Crippen MR) is 85.4 cm³/mol. The van der Waals surface area contributed by atoms with E-state index < -0.39 is 5.82 Å². The van der Waals surface area contributed by atoms with Crippen molar-refractivity contribution in [3.8, 4) is 5.88 Å². The van der Waals surface area contributed by atoms with Gasteiger partial charge < -0.3 is 9.64 Å². The Kier molecular flexibility index (Phi) is 3.96. The summed E-state index contributed by atoms with van der Waals surface area (Å²) in [7, 11) is 0. The van der Waals surface area contributed by atoms with Crippen molar-refractivity contribution in [1.29, 1.82) is 0 Å². The standard InChI is InChI=1S/C16H15FN6O2/c17-11-4-1-7-18-15(11)25-10-3-2-8-23(9-10)16(24)13-6-5-12-14(19-13)21-22-20-12/h1,4-7,10H,2-3,8-9H2,(H,19,20,21,22). The van der Waals surface area contributed by atoms with Gasteiger partial charge in [-0.2, -0.15) is 10.3 Å².